The van der Waals surface area contributed by atoms with E-state index in [1.807, 2.05) is 0 Å². The molecule has 0 amide bonds. The van der Waals surface area contributed by atoms with Crippen molar-refractivity contribution in [1.29, 1.82) is 0 Å². The van der Waals surface area contributed by atoms with Gasteiger partial charge in [0.2, 0.25) is 6.29 Å². The van der Waals surface area contributed by atoms with Crippen LogP contribution in [0.15, 0.2) is 41.5 Å². The van der Waals surface area contributed by atoms with Crippen molar-refractivity contribution < 1.29 is 14.3 Å². The number of hydrogen-bond donors (Lipinski definition) is 0. The minimum absolute atomic E-state index is 0.0630. The Kier molecular flexibility index (Phi) is 5.96. The van der Waals surface area contributed by atoms with Crippen LogP contribution in [0.25, 0.3) is 0 Å². The first-order valence-electron chi connectivity index (χ1n) is 12.4. The standard InChI is InChI=1S/C27H37O3PS/c1-15(2)20-13-16(3)11-12-21(20)29-27-23-22(26(28)30-27)24-17(4)18(5)25(23)31(24,32)14-19-9-7-6-8-10-19/h6-10,15-16,20-25,27H,11-14H2,1-5H3/t16-,20-,21?,22+,23-,24+,25-,27+,31?/m0/s1. The maximum Gasteiger partial charge on any atom is 0.312 e. The van der Waals surface area contributed by atoms with Gasteiger partial charge in [-0.05, 0) is 62.5 Å². The molecule has 3 nitrogen and oxygen atoms in total. The highest BCUT2D eigenvalue weighted by Gasteiger charge is 2.68. The first-order valence-corrected chi connectivity index (χ1v) is 15.5. The minimum Gasteiger partial charge on any atom is -0.435 e. The first kappa shape index (κ1) is 22.8. The van der Waals surface area contributed by atoms with Gasteiger partial charge in [0.25, 0.3) is 0 Å². The summed E-state index contributed by atoms with van der Waals surface area (Å²) in [6.07, 6.45) is 4.14. The van der Waals surface area contributed by atoms with Gasteiger partial charge >= 0.3 is 5.97 Å². The number of carbonyl (C=O) groups is 1. The quantitative estimate of drug-likeness (QED) is 0.284. The maximum atomic E-state index is 13.2. The fourth-order valence-electron chi connectivity index (χ4n) is 7.32. The van der Waals surface area contributed by atoms with Gasteiger partial charge in [-0.1, -0.05) is 74.1 Å². The number of ether oxygens (including phenoxy) is 2. The third-order valence-corrected chi connectivity index (χ3v) is 14.9. The lowest BCUT2D eigenvalue weighted by atomic mass is 9.74. The molecule has 2 saturated heterocycles. The lowest BCUT2D eigenvalue weighted by molar-refractivity contribution is -0.194. The fraction of sp³-hybridized carbons (Fsp3) is 0.667. The summed E-state index contributed by atoms with van der Waals surface area (Å²) >= 11 is 6.56. The Balaban J connectivity index is 1.45. The normalized spacial score (nSPS) is 43.1. The molecule has 2 bridgehead atoms. The average molecular weight is 473 g/mol. The molecule has 0 aromatic heterocycles. The van der Waals surface area contributed by atoms with Gasteiger partial charge in [0.15, 0.2) is 0 Å². The van der Waals surface area contributed by atoms with Crippen molar-refractivity contribution in [2.24, 2.45) is 29.6 Å². The maximum absolute atomic E-state index is 13.2. The van der Waals surface area contributed by atoms with E-state index in [2.05, 4.69) is 65.0 Å². The second kappa shape index (κ2) is 8.36. The molecule has 2 unspecified atom stereocenters. The summed E-state index contributed by atoms with van der Waals surface area (Å²) in [7, 11) is 0. The second-order valence-corrected chi connectivity index (χ2v) is 16.3. The van der Waals surface area contributed by atoms with Gasteiger partial charge in [0.05, 0.1) is 12.0 Å². The zero-order valence-corrected chi connectivity index (χ0v) is 21.7. The first-order chi connectivity index (χ1) is 15.2. The number of fused-ring (bicyclic) bond motifs is 5. The monoisotopic (exact) mass is 472 g/mol. The molecule has 4 aliphatic rings. The van der Waals surface area contributed by atoms with Crippen molar-refractivity contribution in [3.05, 3.63) is 47.0 Å². The second-order valence-electron chi connectivity index (χ2n) is 11.2. The molecule has 1 aromatic rings. The topological polar surface area (TPSA) is 35.5 Å². The third kappa shape index (κ3) is 3.48. The Morgan fingerprint density at radius 1 is 1.12 bits per heavy atom. The van der Waals surface area contributed by atoms with E-state index in [9.17, 15) is 4.79 Å². The summed E-state index contributed by atoms with van der Waals surface area (Å²) < 4.78 is 12.7. The Morgan fingerprint density at radius 2 is 1.81 bits per heavy atom. The number of carbonyl (C=O) groups excluding carboxylic acids is 1. The minimum atomic E-state index is -1.85. The molecule has 1 aliphatic carbocycles. The molecule has 9 atom stereocenters. The van der Waals surface area contributed by atoms with Crippen LogP contribution in [0.5, 0.6) is 0 Å². The number of cyclic esters (lactones) is 1. The van der Waals surface area contributed by atoms with Crippen LogP contribution in [0.2, 0.25) is 0 Å². The molecular weight excluding hydrogens is 435 g/mol. The van der Waals surface area contributed by atoms with Crippen molar-refractivity contribution in [2.45, 2.75) is 83.8 Å². The van der Waals surface area contributed by atoms with Crippen molar-refractivity contribution in [3.8, 4) is 0 Å². The lowest BCUT2D eigenvalue weighted by Gasteiger charge is -2.39. The number of benzene rings is 1. The SMILES string of the molecule is CC1=C(C)[C@H]2[C@H]3[C@H](OC4CC[C@H](C)C[C@H]4C(C)C)OC(=O)[C@H]3[C@@H]1P2(=S)Cc1ccccc1. The lowest BCUT2D eigenvalue weighted by Crippen LogP contribution is -2.40. The molecule has 1 aromatic carbocycles. The summed E-state index contributed by atoms with van der Waals surface area (Å²) in [5.74, 6) is 1.77. The number of rotatable bonds is 5. The molecule has 3 heterocycles. The predicted octanol–water partition coefficient (Wildman–Crippen LogP) is 6.36. The van der Waals surface area contributed by atoms with E-state index in [0.29, 0.717) is 11.8 Å². The highest BCUT2D eigenvalue weighted by molar-refractivity contribution is 8.15. The molecule has 0 radical (unpaired) electrons. The van der Waals surface area contributed by atoms with E-state index in [0.717, 1.165) is 18.5 Å². The van der Waals surface area contributed by atoms with Gasteiger partial charge in [0.1, 0.15) is 0 Å². The van der Waals surface area contributed by atoms with E-state index in [4.69, 9.17) is 21.3 Å². The zero-order valence-electron chi connectivity index (χ0n) is 20.0. The zero-order chi connectivity index (χ0) is 22.8. The Hall–Kier alpha value is -0.960. The average Bonchev–Trinajstić information content (AvgIpc) is 3.26. The number of esters is 1. The van der Waals surface area contributed by atoms with Crippen LogP contribution in [-0.2, 0) is 32.2 Å². The van der Waals surface area contributed by atoms with E-state index in [1.165, 1.54) is 29.6 Å². The molecule has 174 valence electrons. The molecule has 5 rings (SSSR count). The van der Waals surface area contributed by atoms with Gasteiger partial charge in [-0.25, -0.2) is 0 Å². The Bertz CT molecular complexity index is 970. The molecule has 3 fully saturated rings. The van der Waals surface area contributed by atoms with Crippen LogP contribution in [0, 0.1) is 29.6 Å². The van der Waals surface area contributed by atoms with Gasteiger partial charge in [-0.3, -0.25) is 4.79 Å². The van der Waals surface area contributed by atoms with Crippen molar-refractivity contribution in [1.82, 2.24) is 0 Å². The van der Waals surface area contributed by atoms with Crippen LogP contribution >= 0.6 is 6.04 Å². The van der Waals surface area contributed by atoms with Gasteiger partial charge in [0, 0.05) is 23.4 Å². The van der Waals surface area contributed by atoms with E-state index < -0.39 is 12.3 Å². The Labute approximate surface area is 198 Å². The molecule has 32 heavy (non-hydrogen) atoms. The van der Waals surface area contributed by atoms with Gasteiger partial charge in [-0.15, -0.1) is 0 Å². The van der Waals surface area contributed by atoms with Crippen molar-refractivity contribution in [2.75, 3.05) is 0 Å². The largest absolute Gasteiger partial charge is 0.435 e. The molecular formula is C27H37O3PS. The van der Waals surface area contributed by atoms with E-state index in [-0.39, 0.29) is 35.2 Å². The highest BCUT2D eigenvalue weighted by Crippen LogP contribution is 2.78. The molecule has 1 saturated carbocycles. The predicted molar refractivity (Wildman–Crippen MR) is 133 cm³/mol. The fourth-order valence-corrected chi connectivity index (χ4v) is 14.5. The number of allylic oxidation sites excluding steroid dienone is 2. The van der Waals surface area contributed by atoms with E-state index in [1.54, 1.807) is 0 Å². The van der Waals surface area contributed by atoms with E-state index >= 15 is 0 Å². The van der Waals surface area contributed by atoms with Crippen LogP contribution in [0.3, 0.4) is 0 Å². The van der Waals surface area contributed by atoms with Crippen LogP contribution in [0.4, 0.5) is 0 Å². The smallest absolute Gasteiger partial charge is 0.312 e. The van der Waals surface area contributed by atoms with Crippen LogP contribution in [-0.4, -0.2) is 29.7 Å². The van der Waals surface area contributed by atoms with Gasteiger partial charge < -0.3 is 9.47 Å². The van der Waals surface area contributed by atoms with Crippen molar-refractivity contribution in [3.63, 3.8) is 0 Å². The molecule has 3 aliphatic heterocycles. The molecule has 0 spiro atoms. The highest BCUT2D eigenvalue weighted by atomic mass is 32.4. The van der Waals surface area contributed by atoms with Crippen molar-refractivity contribution >= 4 is 23.8 Å². The summed E-state index contributed by atoms with van der Waals surface area (Å²) in [6, 6.07) is 8.78. The molecule has 0 N–H and O–H groups in total. The summed E-state index contributed by atoms with van der Waals surface area (Å²) in [5, 5.41) is 0. The van der Waals surface area contributed by atoms with Crippen LogP contribution in [0.1, 0.15) is 59.4 Å². The van der Waals surface area contributed by atoms with Gasteiger partial charge in [-0.2, -0.15) is 0 Å². The number of hydrogen-bond acceptors (Lipinski definition) is 4. The summed E-state index contributed by atoms with van der Waals surface area (Å²) in [6.45, 7) is 11.4. The molecule has 5 heteroatoms. The summed E-state index contributed by atoms with van der Waals surface area (Å²) in [4.78, 5) is 13.2. The summed E-state index contributed by atoms with van der Waals surface area (Å²) in [5.41, 5.74) is 4.53. The third-order valence-electron chi connectivity index (χ3n) is 8.92. The van der Waals surface area contributed by atoms with Crippen LogP contribution < -0.4 is 0 Å². The Morgan fingerprint density at radius 3 is 2.50 bits per heavy atom.